The average molecular weight is 247 g/mol. The highest BCUT2D eigenvalue weighted by Crippen LogP contribution is 2.20. The SMILES string of the molecule is NNC(=O)CCCOc1ccc(Cl)c(F)c1. The second kappa shape index (κ2) is 6.30. The summed E-state index contributed by atoms with van der Waals surface area (Å²) in [7, 11) is 0. The Kier molecular flexibility index (Phi) is 5.01. The van der Waals surface area contributed by atoms with E-state index in [9.17, 15) is 9.18 Å². The molecular formula is C10H12ClFN2O2. The van der Waals surface area contributed by atoms with E-state index >= 15 is 0 Å². The molecule has 1 rings (SSSR count). The van der Waals surface area contributed by atoms with E-state index in [0.29, 0.717) is 18.8 Å². The number of ether oxygens (including phenoxy) is 1. The van der Waals surface area contributed by atoms with Crippen LogP contribution in [0.25, 0.3) is 0 Å². The first-order chi connectivity index (χ1) is 7.63. The summed E-state index contributed by atoms with van der Waals surface area (Å²) in [4.78, 5) is 10.8. The lowest BCUT2D eigenvalue weighted by molar-refractivity contribution is -0.121. The highest BCUT2D eigenvalue weighted by atomic mass is 35.5. The van der Waals surface area contributed by atoms with E-state index in [4.69, 9.17) is 22.2 Å². The Balaban J connectivity index is 2.32. The molecule has 0 aliphatic carbocycles. The third kappa shape index (κ3) is 4.04. The van der Waals surface area contributed by atoms with Crippen molar-refractivity contribution in [3.05, 3.63) is 29.0 Å². The molecule has 1 aromatic carbocycles. The first-order valence-corrected chi connectivity index (χ1v) is 5.08. The van der Waals surface area contributed by atoms with Crippen molar-refractivity contribution >= 4 is 17.5 Å². The third-order valence-electron chi connectivity index (χ3n) is 1.87. The molecule has 16 heavy (non-hydrogen) atoms. The van der Waals surface area contributed by atoms with Crippen molar-refractivity contribution in [3.63, 3.8) is 0 Å². The third-order valence-corrected chi connectivity index (χ3v) is 2.18. The molecule has 0 aliphatic rings. The van der Waals surface area contributed by atoms with Crippen LogP contribution >= 0.6 is 11.6 Å². The summed E-state index contributed by atoms with van der Waals surface area (Å²) in [5.41, 5.74) is 2.01. The van der Waals surface area contributed by atoms with Gasteiger partial charge in [0.1, 0.15) is 11.6 Å². The van der Waals surface area contributed by atoms with E-state index in [1.165, 1.54) is 12.1 Å². The first kappa shape index (κ1) is 12.7. The predicted octanol–water partition coefficient (Wildman–Crippen LogP) is 1.63. The highest BCUT2D eigenvalue weighted by molar-refractivity contribution is 6.30. The Labute approximate surface area is 97.5 Å². The van der Waals surface area contributed by atoms with Crippen molar-refractivity contribution in [1.29, 1.82) is 0 Å². The van der Waals surface area contributed by atoms with Crippen molar-refractivity contribution in [2.24, 2.45) is 5.84 Å². The Morgan fingerprint density at radius 2 is 2.31 bits per heavy atom. The zero-order valence-electron chi connectivity index (χ0n) is 8.50. The summed E-state index contributed by atoms with van der Waals surface area (Å²) in [6.07, 6.45) is 0.778. The molecule has 1 amide bonds. The van der Waals surface area contributed by atoms with Gasteiger partial charge in [0.2, 0.25) is 5.91 Å². The number of carbonyl (C=O) groups is 1. The minimum absolute atomic E-state index is 0.0508. The lowest BCUT2D eigenvalue weighted by atomic mass is 10.3. The van der Waals surface area contributed by atoms with Crippen LogP contribution in [0.1, 0.15) is 12.8 Å². The van der Waals surface area contributed by atoms with Crippen molar-refractivity contribution in [3.8, 4) is 5.75 Å². The van der Waals surface area contributed by atoms with Crippen molar-refractivity contribution in [2.75, 3.05) is 6.61 Å². The van der Waals surface area contributed by atoms with Crippen molar-refractivity contribution in [2.45, 2.75) is 12.8 Å². The number of amides is 1. The Hall–Kier alpha value is -1.33. The molecule has 0 unspecified atom stereocenters. The molecule has 3 N–H and O–H groups in total. The molecule has 0 atom stereocenters. The largest absolute Gasteiger partial charge is 0.493 e. The van der Waals surface area contributed by atoms with Crippen molar-refractivity contribution in [1.82, 2.24) is 5.43 Å². The molecule has 0 radical (unpaired) electrons. The number of rotatable bonds is 5. The van der Waals surface area contributed by atoms with Gasteiger partial charge in [0.15, 0.2) is 0 Å². The Bertz CT molecular complexity index is 374. The Morgan fingerprint density at radius 3 is 2.94 bits per heavy atom. The van der Waals surface area contributed by atoms with E-state index in [-0.39, 0.29) is 17.4 Å². The van der Waals surface area contributed by atoms with Gasteiger partial charge in [-0.2, -0.15) is 0 Å². The van der Waals surface area contributed by atoms with Gasteiger partial charge < -0.3 is 4.74 Å². The minimum atomic E-state index is -0.529. The highest BCUT2D eigenvalue weighted by Gasteiger charge is 2.02. The second-order valence-corrected chi connectivity index (χ2v) is 3.50. The van der Waals surface area contributed by atoms with Crippen molar-refractivity contribution < 1.29 is 13.9 Å². The molecule has 4 nitrogen and oxygen atoms in total. The molecule has 0 bridgehead atoms. The van der Waals surface area contributed by atoms with Gasteiger partial charge in [-0.3, -0.25) is 10.2 Å². The standard InChI is InChI=1S/C10H12ClFN2O2/c11-8-4-3-7(6-9(8)12)16-5-1-2-10(15)14-13/h3-4,6H,1-2,5,13H2,(H,14,15). The van der Waals surface area contributed by atoms with Gasteiger partial charge in [0, 0.05) is 12.5 Å². The summed E-state index contributed by atoms with van der Waals surface area (Å²) in [5.74, 6) is 4.49. The first-order valence-electron chi connectivity index (χ1n) is 4.71. The van der Waals surface area contributed by atoms with Crippen LogP contribution in [-0.4, -0.2) is 12.5 Å². The van der Waals surface area contributed by atoms with Crippen LogP contribution in [0.5, 0.6) is 5.75 Å². The van der Waals surface area contributed by atoms with Crippen LogP contribution in [0.4, 0.5) is 4.39 Å². The molecule has 6 heteroatoms. The monoisotopic (exact) mass is 246 g/mol. The number of benzene rings is 1. The number of carbonyl (C=O) groups excluding carboxylic acids is 1. The topological polar surface area (TPSA) is 64.3 Å². The summed E-state index contributed by atoms with van der Waals surface area (Å²) in [6.45, 7) is 0.314. The van der Waals surface area contributed by atoms with E-state index in [0.717, 1.165) is 0 Å². The number of hydrogen-bond donors (Lipinski definition) is 2. The van der Waals surface area contributed by atoms with Gasteiger partial charge >= 0.3 is 0 Å². The fraction of sp³-hybridized carbons (Fsp3) is 0.300. The lowest BCUT2D eigenvalue weighted by Gasteiger charge is -2.06. The quantitative estimate of drug-likeness (QED) is 0.359. The molecule has 0 aromatic heterocycles. The fourth-order valence-electron chi connectivity index (χ4n) is 1.06. The number of nitrogens with two attached hydrogens (primary N) is 1. The number of halogens is 2. The van der Waals surface area contributed by atoms with Gasteiger partial charge in [0.05, 0.1) is 11.6 Å². The van der Waals surface area contributed by atoms with Crippen LogP contribution in [-0.2, 0) is 4.79 Å². The molecule has 0 aliphatic heterocycles. The minimum Gasteiger partial charge on any atom is -0.493 e. The molecule has 0 fully saturated rings. The van der Waals surface area contributed by atoms with Gasteiger partial charge in [-0.05, 0) is 18.6 Å². The Morgan fingerprint density at radius 1 is 1.56 bits per heavy atom. The zero-order valence-corrected chi connectivity index (χ0v) is 9.26. The molecule has 1 aromatic rings. The van der Waals surface area contributed by atoms with Crippen LogP contribution in [0.15, 0.2) is 18.2 Å². The number of nitrogens with one attached hydrogen (secondary N) is 1. The van der Waals surface area contributed by atoms with E-state index in [2.05, 4.69) is 0 Å². The summed E-state index contributed by atoms with van der Waals surface area (Å²) >= 11 is 5.50. The fourth-order valence-corrected chi connectivity index (χ4v) is 1.18. The maximum Gasteiger partial charge on any atom is 0.234 e. The predicted molar refractivity (Wildman–Crippen MR) is 58.5 cm³/mol. The lowest BCUT2D eigenvalue weighted by Crippen LogP contribution is -2.29. The molecule has 0 saturated carbocycles. The summed E-state index contributed by atoms with van der Waals surface area (Å²) in [6, 6.07) is 4.18. The van der Waals surface area contributed by atoms with Gasteiger partial charge in [-0.15, -0.1) is 0 Å². The molecule has 0 spiro atoms. The maximum absolute atomic E-state index is 13.0. The number of hydrogen-bond acceptors (Lipinski definition) is 3. The summed E-state index contributed by atoms with van der Waals surface area (Å²) in [5, 5.41) is 0.0508. The van der Waals surface area contributed by atoms with Gasteiger partial charge in [-0.1, -0.05) is 11.6 Å². The van der Waals surface area contributed by atoms with Crippen LogP contribution in [0.3, 0.4) is 0 Å². The molecule has 88 valence electrons. The van der Waals surface area contributed by atoms with Crippen LogP contribution in [0.2, 0.25) is 5.02 Å². The van der Waals surface area contributed by atoms with E-state index in [1.807, 2.05) is 5.43 Å². The zero-order chi connectivity index (χ0) is 12.0. The molecule has 0 heterocycles. The normalized spacial score (nSPS) is 9.94. The van der Waals surface area contributed by atoms with Gasteiger partial charge in [-0.25, -0.2) is 10.2 Å². The van der Waals surface area contributed by atoms with Gasteiger partial charge in [0.25, 0.3) is 0 Å². The summed E-state index contributed by atoms with van der Waals surface area (Å²) < 4.78 is 18.2. The second-order valence-electron chi connectivity index (χ2n) is 3.10. The van der Waals surface area contributed by atoms with Crippen LogP contribution in [0, 0.1) is 5.82 Å². The van der Waals surface area contributed by atoms with E-state index in [1.54, 1.807) is 6.07 Å². The molecular weight excluding hydrogens is 235 g/mol. The van der Waals surface area contributed by atoms with E-state index < -0.39 is 5.82 Å². The molecule has 0 saturated heterocycles. The number of hydrazine groups is 1. The maximum atomic E-state index is 13.0. The smallest absolute Gasteiger partial charge is 0.234 e. The average Bonchev–Trinajstić information content (AvgIpc) is 2.28. The van der Waals surface area contributed by atoms with Crippen LogP contribution < -0.4 is 16.0 Å².